The Balaban J connectivity index is 1.81. The van der Waals surface area contributed by atoms with Crippen molar-refractivity contribution < 1.29 is 32.2 Å². The average molecular weight is 384 g/mol. The van der Waals surface area contributed by atoms with E-state index in [0.717, 1.165) is 37.8 Å². The first-order valence-electron chi connectivity index (χ1n) is 8.65. The summed E-state index contributed by atoms with van der Waals surface area (Å²) in [6.07, 6.45) is -1.35. The van der Waals surface area contributed by atoms with Gasteiger partial charge in [0, 0.05) is 5.71 Å². The maximum absolute atomic E-state index is 12.7. The molecule has 0 aromatic heterocycles. The van der Waals surface area contributed by atoms with Gasteiger partial charge in [0.2, 0.25) is 0 Å². The number of halogens is 3. The van der Waals surface area contributed by atoms with Crippen molar-refractivity contribution in [3.63, 3.8) is 0 Å². The first-order chi connectivity index (χ1) is 12.7. The van der Waals surface area contributed by atoms with Gasteiger partial charge < -0.3 is 14.8 Å². The molecule has 0 bridgehead atoms. The fourth-order valence-electron chi connectivity index (χ4n) is 3.42. The Kier molecular flexibility index (Phi) is 5.38. The standard InChI is InChI=1S/C18H19F3N2O4/c1-10-14(16(24)26-12-4-2-3-5-12)15(23-17(25)22-10)11-6-8-13(9-7-11)27-18(19,20)21/h6-9,12,14-15H,2-5H2,1H3,(H,23,25). The van der Waals surface area contributed by atoms with Gasteiger partial charge in [0.25, 0.3) is 0 Å². The number of carbonyl (C=O) groups is 2. The number of alkyl halides is 3. The molecule has 1 aromatic carbocycles. The number of nitrogens with zero attached hydrogens (tertiary/aromatic N) is 1. The summed E-state index contributed by atoms with van der Waals surface area (Å²) in [5.74, 6) is -1.72. The normalized spacial score (nSPS) is 23.6. The van der Waals surface area contributed by atoms with E-state index in [-0.39, 0.29) is 11.9 Å². The number of amides is 2. The summed E-state index contributed by atoms with van der Waals surface area (Å²) < 4.78 is 46.3. The van der Waals surface area contributed by atoms with Gasteiger partial charge in [-0.3, -0.25) is 4.79 Å². The van der Waals surface area contributed by atoms with Crippen LogP contribution < -0.4 is 10.1 Å². The number of urea groups is 1. The molecule has 1 N–H and O–H groups in total. The molecule has 2 amide bonds. The summed E-state index contributed by atoms with van der Waals surface area (Å²) in [7, 11) is 0. The summed E-state index contributed by atoms with van der Waals surface area (Å²) in [6.45, 7) is 1.56. The molecular weight excluding hydrogens is 365 g/mol. The molecule has 1 aromatic rings. The molecule has 0 spiro atoms. The largest absolute Gasteiger partial charge is 0.573 e. The summed E-state index contributed by atoms with van der Waals surface area (Å²) in [5.41, 5.74) is 0.767. The van der Waals surface area contributed by atoms with Crippen molar-refractivity contribution in [1.82, 2.24) is 5.32 Å². The van der Waals surface area contributed by atoms with E-state index in [4.69, 9.17) is 4.74 Å². The zero-order valence-corrected chi connectivity index (χ0v) is 14.6. The van der Waals surface area contributed by atoms with Gasteiger partial charge in [-0.05, 0) is 50.3 Å². The Morgan fingerprint density at radius 3 is 2.41 bits per heavy atom. The maximum Gasteiger partial charge on any atom is 0.573 e. The molecule has 27 heavy (non-hydrogen) atoms. The summed E-state index contributed by atoms with van der Waals surface area (Å²) in [5, 5.41) is 2.60. The minimum atomic E-state index is -4.79. The van der Waals surface area contributed by atoms with Crippen LogP contribution in [-0.4, -0.2) is 30.2 Å². The van der Waals surface area contributed by atoms with Crippen LogP contribution in [0.4, 0.5) is 18.0 Å². The maximum atomic E-state index is 12.7. The van der Waals surface area contributed by atoms with E-state index in [1.807, 2.05) is 0 Å². The number of hydrogen-bond acceptors (Lipinski definition) is 4. The fourth-order valence-corrected chi connectivity index (χ4v) is 3.42. The van der Waals surface area contributed by atoms with Gasteiger partial charge in [0.15, 0.2) is 0 Å². The second kappa shape index (κ2) is 7.58. The number of rotatable bonds is 4. The van der Waals surface area contributed by atoms with E-state index < -0.39 is 30.3 Å². The molecular formula is C18H19F3N2O4. The molecule has 9 heteroatoms. The smallest absolute Gasteiger partial charge is 0.462 e. The minimum absolute atomic E-state index is 0.147. The van der Waals surface area contributed by atoms with Crippen LogP contribution in [0.25, 0.3) is 0 Å². The highest BCUT2D eigenvalue weighted by Gasteiger charge is 2.39. The lowest BCUT2D eigenvalue weighted by Gasteiger charge is -2.30. The highest BCUT2D eigenvalue weighted by atomic mass is 19.4. The van der Waals surface area contributed by atoms with Crippen LogP contribution in [0.15, 0.2) is 29.3 Å². The van der Waals surface area contributed by atoms with Crippen molar-refractivity contribution >= 4 is 17.7 Å². The van der Waals surface area contributed by atoms with Crippen LogP contribution in [0.2, 0.25) is 0 Å². The Morgan fingerprint density at radius 1 is 1.19 bits per heavy atom. The van der Waals surface area contributed by atoms with Gasteiger partial charge in [-0.2, -0.15) is 0 Å². The second-order valence-corrected chi connectivity index (χ2v) is 6.62. The Bertz CT molecular complexity index is 740. The highest BCUT2D eigenvalue weighted by molar-refractivity contribution is 6.08. The third kappa shape index (κ3) is 4.78. The number of carbonyl (C=O) groups excluding carboxylic acids is 2. The first-order valence-corrected chi connectivity index (χ1v) is 8.65. The number of aliphatic imine (C=N–C) groups is 1. The molecule has 0 saturated heterocycles. The zero-order valence-electron chi connectivity index (χ0n) is 14.6. The molecule has 2 aliphatic rings. The van der Waals surface area contributed by atoms with Gasteiger partial charge >= 0.3 is 18.4 Å². The summed E-state index contributed by atoms with van der Waals surface area (Å²) >= 11 is 0. The lowest BCUT2D eigenvalue weighted by Crippen LogP contribution is -2.44. The molecule has 3 rings (SSSR count). The van der Waals surface area contributed by atoms with Crippen molar-refractivity contribution in [1.29, 1.82) is 0 Å². The Morgan fingerprint density at radius 2 is 1.81 bits per heavy atom. The molecule has 2 atom stereocenters. The highest BCUT2D eigenvalue weighted by Crippen LogP contribution is 2.32. The van der Waals surface area contributed by atoms with Crippen LogP contribution in [0.1, 0.15) is 44.2 Å². The number of nitrogens with one attached hydrogen (secondary N) is 1. The van der Waals surface area contributed by atoms with Gasteiger partial charge in [-0.1, -0.05) is 12.1 Å². The summed E-state index contributed by atoms with van der Waals surface area (Å²) in [4.78, 5) is 28.3. The quantitative estimate of drug-likeness (QED) is 0.799. The number of ether oxygens (including phenoxy) is 2. The van der Waals surface area contributed by atoms with E-state index >= 15 is 0 Å². The Labute approximate surface area is 153 Å². The Hall–Kier alpha value is -2.58. The lowest BCUT2D eigenvalue weighted by atomic mass is 9.88. The monoisotopic (exact) mass is 384 g/mol. The molecule has 6 nitrogen and oxygen atoms in total. The number of benzene rings is 1. The molecule has 1 saturated carbocycles. The predicted molar refractivity (Wildman–Crippen MR) is 89.3 cm³/mol. The van der Waals surface area contributed by atoms with E-state index in [2.05, 4.69) is 15.0 Å². The van der Waals surface area contributed by atoms with E-state index in [1.54, 1.807) is 6.92 Å². The third-order valence-corrected chi connectivity index (χ3v) is 4.65. The molecule has 1 aliphatic heterocycles. The minimum Gasteiger partial charge on any atom is -0.462 e. The number of hydrogen-bond donors (Lipinski definition) is 1. The molecule has 1 heterocycles. The molecule has 1 fully saturated rings. The van der Waals surface area contributed by atoms with Crippen LogP contribution in [0.5, 0.6) is 5.75 Å². The predicted octanol–water partition coefficient (Wildman–Crippen LogP) is 3.91. The van der Waals surface area contributed by atoms with Gasteiger partial charge in [-0.15, -0.1) is 13.2 Å². The average Bonchev–Trinajstić information content (AvgIpc) is 3.06. The molecule has 0 radical (unpaired) electrons. The topological polar surface area (TPSA) is 77.0 Å². The van der Waals surface area contributed by atoms with E-state index in [0.29, 0.717) is 11.3 Å². The van der Waals surface area contributed by atoms with Crippen LogP contribution in [-0.2, 0) is 9.53 Å². The van der Waals surface area contributed by atoms with Crippen LogP contribution in [0, 0.1) is 5.92 Å². The van der Waals surface area contributed by atoms with Crippen molar-refractivity contribution in [2.45, 2.75) is 51.1 Å². The molecule has 2 unspecified atom stereocenters. The molecule has 1 aliphatic carbocycles. The van der Waals surface area contributed by atoms with E-state index in [9.17, 15) is 22.8 Å². The second-order valence-electron chi connectivity index (χ2n) is 6.62. The fraction of sp³-hybridized carbons (Fsp3) is 0.500. The first kappa shape index (κ1) is 19.2. The van der Waals surface area contributed by atoms with Gasteiger partial charge in [0.1, 0.15) is 17.8 Å². The van der Waals surface area contributed by atoms with Gasteiger partial charge in [0.05, 0.1) is 6.04 Å². The van der Waals surface area contributed by atoms with Crippen molar-refractivity contribution in [3.05, 3.63) is 29.8 Å². The number of esters is 1. The third-order valence-electron chi connectivity index (χ3n) is 4.65. The summed E-state index contributed by atoms with van der Waals surface area (Å²) in [6, 6.07) is 3.63. The zero-order chi connectivity index (χ0) is 19.6. The molecule has 146 valence electrons. The SMILES string of the molecule is CC1=NC(=O)NC(c2ccc(OC(F)(F)F)cc2)C1C(=O)OC1CCCC1. The van der Waals surface area contributed by atoms with Crippen molar-refractivity contribution in [2.75, 3.05) is 0 Å². The van der Waals surface area contributed by atoms with E-state index in [1.165, 1.54) is 12.1 Å². The lowest BCUT2D eigenvalue weighted by molar-refractivity contribution is -0.274. The van der Waals surface area contributed by atoms with Gasteiger partial charge in [-0.25, -0.2) is 9.79 Å². The van der Waals surface area contributed by atoms with Crippen LogP contribution in [0.3, 0.4) is 0 Å². The van der Waals surface area contributed by atoms with Crippen molar-refractivity contribution in [3.8, 4) is 5.75 Å². The van der Waals surface area contributed by atoms with Crippen molar-refractivity contribution in [2.24, 2.45) is 10.9 Å². The van der Waals surface area contributed by atoms with Crippen LogP contribution >= 0.6 is 0 Å².